The van der Waals surface area contributed by atoms with Crippen molar-refractivity contribution in [3.63, 3.8) is 0 Å². The topological polar surface area (TPSA) is 68.0 Å². The SMILES string of the molecule is C[C@H]1CCc2sc(-c3nnc(S[C@@H](C)C(=O)Nc4ccccc4F)o3)cc2C1. The first-order chi connectivity index (χ1) is 13.5. The molecule has 3 aromatic rings. The molecule has 8 heteroatoms. The Labute approximate surface area is 170 Å². The van der Waals surface area contributed by atoms with Crippen molar-refractivity contribution < 1.29 is 13.6 Å². The Kier molecular flexibility index (Phi) is 5.50. The number of nitrogens with one attached hydrogen (secondary N) is 1. The van der Waals surface area contributed by atoms with E-state index in [1.54, 1.807) is 30.4 Å². The van der Waals surface area contributed by atoms with E-state index in [1.165, 1.54) is 29.0 Å². The number of fused-ring (bicyclic) bond motifs is 1. The van der Waals surface area contributed by atoms with Gasteiger partial charge in [0.25, 0.3) is 11.1 Å². The number of para-hydroxylation sites is 1. The fourth-order valence-corrected chi connectivity index (χ4v) is 4.98. The van der Waals surface area contributed by atoms with Gasteiger partial charge in [-0.2, -0.15) is 0 Å². The summed E-state index contributed by atoms with van der Waals surface area (Å²) >= 11 is 2.86. The number of halogens is 1. The third-order valence-electron chi connectivity index (χ3n) is 4.73. The lowest BCUT2D eigenvalue weighted by Crippen LogP contribution is -2.22. The van der Waals surface area contributed by atoms with Crippen LogP contribution in [0.2, 0.25) is 0 Å². The van der Waals surface area contributed by atoms with Gasteiger partial charge in [-0.15, -0.1) is 21.5 Å². The number of nitrogens with zero attached hydrogens (tertiary/aromatic N) is 2. The quantitative estimate of drug-likeness (QED) is 0.579. The molecule has 0 saturated carbocycles. The van der Waals surface area contributed by atoms with Crippen LogP contribution in [-0.2, 0) is 17.6 Å². The molecule has 28 heavy (non-hydrogen) atoms. The second-order valence-electron chi connectivity index (χ2n) is 7.01. The van der Waals surface area contributed by atoms with Crippen molar-refractivity contribution >= 4 is 34.7 Å². The molecule has 1 aliphatic carbocycles. The van der Waals surface area contributed by atoms with Crippen molar-refractivity contribution in [2.45, 2.75) is 43.6 Å². The number of thiophene rings is 1. The van der Waals surface area contributed by atoms with Crippen molar-refractivity contribution in [3.8, 4) is 10.8 Å². The summed E-state index contributed by atoms with van der Waals surface area (Å²) in [6, 6.07) is 8.22. The number of amides is 1. The number of rotatable bonds is 5. The Hall–Kier alpha value is -2.19. The van der Waals surface area contributed by atoms with Gasteiger partial charge < -0.3 is 9.73 Å². The van der Waals surface area contributed by atoms with Crippen LogP contribution in [0.4, 0.5) is 10.1 Å². The third kappa shape index (κ3) is 4.12. The van der Waals surface area contributed by atoms with E-state index in [2.05, 4.69) is 28.5 Å². The summed E-state index contributed by atoms with van der Waals surface area (Å²) in [6.07, 6.45) is 3.41. The van der Waals surface area contributed by atoms with Crippen LogP contribution in [0.15, 0.2) is 40.0 Å². The predicted molar refractivity (Wildman–Crippen MR) is 109 cm³/mol. The number of anilines is 1. The van der Waals surface area contributed by atoms with Crippen molar-refractivity contribution in [2.75, 3.05) is 5.32 Å². The van der Waals surface area contributed by atoms with Crippen molar-refractivity contribution in [1.29, 1.82) is 0 Å². The largest absolute Gasteiger partial charge is 0.410 e. The molecule has 1 aromatic carbocycles. The molecule has 1 N–H and O–H groups in total. The highest BCUT2D eigenvalue weighted by Crippen LogP contribution is 2.37. The molecule has 4 rings (SSSR count). The lowest BCUT2D eigenvalue weighted by Gasteiger charge is -2.16. The average molecular weight is 418 g/mol. The van der Waals surface area contributed by atoms with Gasteiger partial charge in [-0.25, -0.2) is 4.39 Å². The maximum absolute atomic E-state index is 13.7. The van der Waals surface area contributed by atoms with Gasteiger partial charge in [0, 0.05) is 4.88 Å². The summed E-state index contributed by atoms with van der Waals surface area (Å²) in [5, 5.41) is 10.6. The zero-order valence-corrected chi connectivity index (χ0v) is 17.2. The standard InChI is InChI=1S/C20H20FN3O2S2/c1-11-7-8-16-13(9-11)10-17(28-16)19-23-24-20(26-19)27-12(2)18(25)22-15-6-4-3-5-14(15)21/h3-6,10-12H,7-9H2,1-2H3,(H,22,25)/t11-,12-/m0/s1. The smallest absolute Gasteiger partial charge is 0.277 e. The second-order valence-corrected chi connectivity index (χ2v) is 9.44. The van der Waals surface area contributed by atoms with E-state index in [-0.39, 0.29) is 11.6 Å². The molecule has 0 spiro atoms. The van der Waals surface area contributed by atoms with Crippen LogP contribution in [0.25, 0.3) is 10.8 Å². The minimum Gasteiger partial charge on any atom is -0.410 e. The van der Waals surface area contributed by atoms with Crippen LogP contribution < -0.4 is 5.32 Å². The van der Waals surface area contributed by atoms with E-state index in [4.69, 9.17) is 4.42 Å². The molecule has 0 bridgehead atoms. The van der Waals surface area contributed by atoms with Crippen molar-refractivity contribution in [1.82, 2.24) is 10.2 Å². The maximum Gasteiger partial charge on any atom is 0.277 e. The number of carbonyl (C=O) groups is 1. The Morgan fingerprint density at radius 1 is 1.39 bits per heavy atom. The maximum atomic E-state index is 13.7. The highest BCUT2D eigenvalue weighted by Gasteiger charge is 2.23. The van der Waals surface area contributed by atoms with E-state index in [0.717, 1.165) is 29.5 Å². The van der Waals surface area contributed by atoms with Crippen LogP contribution in [-0.4, -0.2) is 21.4 Å². The number of carbonyl (C=O) groups excluding carboxylic acids is 1. The van der Waals surface area contributed by atoms with Crippen molar-refractivity contribution in [3.05, 3.63) is 46.6 Å². The predicted octanol–water partition coefficient (Wildman–Crippen LogP) is 5.18. The number of hydrogen-bond acceptors (Lipinski definition) is 6. The number of aromatic nitrogens is 2. The number of aryl methyl sites for hydroxylation is 1. The monoisotopic (exact) mass is 417 g/mol. The fourth-order valence-electron chi connectivity index (χ4n) is 3.17. The van der Waals surface area contributed by atoms with Crippen LogP contribution >= 0.6 is 23.1 Å². The molecule has 5 nitrogen and oxygen atoms in total. The highest BCUT2D eigenvalue weighted by atomic mass is 32.2. The summed E-state index contributed by atoms with van der Waals surface area (Å²) in [7, 11) is 0. The summed E-state index contributed by atoms with van der Waals surface area (Å²) in [5.41, 5.74) is 1.54. The molecule has 2 heterocycles. The number of benzene rings is 1. The van der Waals surface area contributed by atoms with Gasteiger partial charge in [-0.3, -0.25) is 4.79 Å². The normalized spacial score (nSPS) is 17.2. The van der Waals surface area contributed by atoms with E-state index >= 15 is 0 Å². The Morgan fingerprint density at radius 2 is 2.21 bits per heavy atom. The third-order valence-corrected chi connectivity index (χ3v) is 6.88. The Morgan fingerprint density at radius 3 is 3.04 bits per heavy atom. The van der Waals surface area contributed by atoms with Gasteiger partial charge in [0.1, 0.15) is 5.82 Å². The minimum atomic E-state index is -0.509. The second kappa shape index (κ2) is 8.05. The molecular formula is C20H20FN3O2S2. The zero-order chi connectivity index (χ0) is 19.7. The Balaban J connectivity index is 1.42. The molecule has 0 radical (unpaired) electrons. The van der Waals surface area contributed by atoms with Crippen molar-refractivity contribution in [2.24, 2.45) is 5.92 Å². The van der Waals surface area contributed by atoms with Crippen LogP contribution in [0.3, 0.4) is 0 Å². The highest BCUT2D eigenvalue weighted by molar-refractivity contribution is 8.00. The fraction of sp³-hybridized carbons (Fsp3) is 0.350. The zero-order valence-electron chi connectivity index (χ0n) is 15.6. The first kappa shape index (κ1) is 19.1. The molecule has 0 unspecified atom stereocenters. The first-order valence-corrected chi connectivity index (χ1v) is 10.9. The molecule has 2 atom stereocenters. The summed E-state index contributed by atoms with van der Waals surface area (Å²) in [5.74, 6) is 0.397. The molecule has 2 aromatic heterocycles. The van der Waals surface area contributed by atoms with E-state index < -0.39 is 11.1 Å². The lowest BCUT2D eigenvalue weighted by atomic mass is 9.90. The average Bonchev–Trinajstić information content (AvgIpc) is 3.29. The molecule has 1 aliphatic rings. The van der Waals surface area contributed by atoms with E-state index in [1.807, 2.05) is 0 Å². The van der Waals surface area contributed by atoms with Gasteiger partial charge in [-0.1, -0.05) is 30.8 Å². The van der Waals surface area contributed by atoms with Crippen LogP contribution in [0, 0.1) is 11.7 Å². The summed E-state index contributed by atoms with van der Waals surface area (Å²) < 4.78 is 19.5. The Bertz CT molecular complexity index is 1000. The van der Waals surface area contributed by atoms with Gasteiger partial charge >= 0.3 is 0 Å². The van der Waals surface area contributed by atoms with Crippen LogP contribution in [0.5, 0.6) is 0 Å². The first-order valence-electron chi connectivity index (χ1n) is 9.17. The molecule has 0 aliphatic heterocycles. The number of thioether (sulfide) groups is 1. The molecule has 1 amide bonds. The van der Waals surface area contributed by atoms with Gasteiger partial charge in [0.05, 0.1) is 15.8 Å². The lowest BCUT2D eigenvalue weighted by molar-refractivity contribution is -0.115. The molecule has 0 saturated heterocycles. The van der Waals surface area contributed by atoms with Gasteiger partial charge in [-0.05, 0) is 55.9 Å². The molecule has 0 fully saturated rings. The summed E-state index contributed by atoms with van der Waals surface area (Å²) in [4.78, 5) is 14.7. The van der Waals surface area contributed by atoms with Gasteiger partial charge in [0.2, 0.25) is 5.91 Å². The van der Waals surface area contributed by atoms with Crippen LogP contribution in [0.1, 0.15) is 30.7 Å². The summed E-state index contributed by atoms with van der Waals surface area (Å²) in [6.45, 7) is 3.99. The molecular weight excluding hydrogens is 397 g/mol. The number of hydrogen-bond donors (Lipinski definition) is 1. The van der Waals surface area contributed by atoms with E-state index in [0.29, 0.717) is 17.0 Å². The minimum absolute atomic E-state index is 0.157. The van der Waals surface area contributed by atoms with E-state index in [9.17, 15) is 9.18 Å². The molecule has 146 valence electrons. The van der Waals surface area contributed by atoms with Gasteiger partial charge in [0.15, 0.2) is 0 Å².